The van der Waals surface area contributed by atoms with Crippen LogP contribution < -0.4 is 15.3 Å². The molecule has 0 saturated heterocycles. The molecular formula is C33H37O3P. The van der Waals surface area contributed by atoms with Crippen LogP contribution in [0.2, 0.25) is 0 Å². The van der Waals surface area contributed by atoms with Crippen molar-refractivity contribution in [2.45, 2.75) is 57.0 Å². The van der Waals surface area contributed by atoms with Crippen molar-refractivity contribution in [2.24, 2.45) is 17.3 Å². The molecule has 1 N–H and O–H groups in total. The largest absolute Gasteiger partial charge is 0.497 e. The highest BCUT2D eigenvalue weighted by Crippen LogP contribution is 2.65. The second-order valence-electron chi connectivity index (χ2n) is 11.5. The van der Waals surface area contributed by atoms with E-state index < -0.39 is 12.7 Å². The highest BCUT2D eigenvalue weighted by Gasteiger charge is 2.60. The normalized spacial score (nSPS) is 30.9. The molecule has 0 spiro atoms. The van der Waals surface area contributed by atoms with Crippen LogP contribution in [0.5, 0.6) is 5.75 Å². The van der Waals surface area contributed by atoms with Gasteiger partial charge < -0.3 is 14.4 Å². The maximum absolute atomic E-state index is 14.6. The number of benzene rings is 3. The predicted molar refractivity (Wildman–Crippen MR) is 151 cm³/mol. The molecule has 2 fully saturated rings. The molecule has 0 heterocycles. The minimum Gasteiger partial charge on any atom is -0.497 e. The molecule has 3 aliphatic rings. The predicted octanol–water partition coefficient (Wildman–Crippen LogP) is 6.81. The number of aliphatic hydroxyl groups is 1. The van der Waals surface area contributed by atoms with Gasteiger partial charge >= 0.3 is 0 Å². The molecule has 3 aromatic rings. The lowest BCUT2D eigenvalue weighted by atomic mass is 9.53. The van der Waals surface area contributed by atoms with Gasteiger partial charge in [-0.25, -0.2) is 0 Å². The zero-order chi connectivity index (χ0) is 25.7. The van der Waals surface area contributed by atoms with Gasteiger partial charge in [0.1, 0.15) is 5.75 Å². The maximum Gasteiger partial charge on any atom is 0.163 e. The number of fused-ring (bicyclic) bond motifs is 5. The van der Waals surface area contributed by atoms with Crippen LogP contribution in [-0.2, 0) is 11.0 Å². The molecule has 37 heavy (non-hydrogen) atoms. The topological polar surface area (TPSA) is 46.5 Å². The van der Waals surface area contributed by atoms with E-state index in [0.717, 1.165) is 54.9 Å². The Hall–Kier alpha value is -2.61. The Morgan fingerprint density at radius 1 is 0.919 bits per heavy atom. The van der Waals surface area contributed by atoms with E-state index in [9.17, 15) is 9.67 Å². The molecule has 0 amide bonds. The molecular weight excluding hydrogens is 475 g/mol. The van der Waals surface area contributed by atoms with Crippen LogP contribution in [-0.4, -0.2) is 17.8 Å². The zero-order valence-electron chi connectivity index (χ0n) is 21.8. The fraction of sp³-hybridized carbons (Fsp3) is 0.394. The van der Waals surface area contributed by atoms with Gasteiger partial charge in [-0.05, 0) is 91.4 Å². The van der Waals surface area contributed by atoms with E-state index in [0.29, 0.717) is 17.8 Å². The summed E-state index contributed by atoms with van der Waals surface area (Å²) in [4.78, 5) is 0. The second-order valence-corrected chi connectivity index (χ2v) is 14.2. The fourth-order valence-corrected chi connectivity index (χ4v) is 10.2. The third-order valence-electron chi connectivity index (χ3n) is 9.99. The highest BCUT2D eigenvalue weighted by molar-refractivity contribution is 7.81. The molecule has 0 aliphatic heterocycles. The van der Waals surface area contributed by atoms with Crippen molar-refractivity contribution in [3.05, 3.63) is 102 Å². The van der Waals surface area contributed by atoms with Gasteiger partial charge in [0.25, 0.3) is 0 Å². The van der Waals surface area contributed by atoms with Crippen LogP contribution in [0.15, 0.2) is 90.8 Å². The third kappa shape index (κ3) is 3.94. The minimum absolute atomic E-state index is 0.215. The van der Waals surface area contributed by atoms with Crippen LogP contribution >= 0.6 is 7.14 Å². The molecule has 3 aromatic carbocycles. The van der Waals surface area contributed by atoms with E-state index in [1.807, 2.05) is 72.6 Å². The molecule has 3 aliphatic carbocycles. The molecule has 192 valence electrons. The Balaban J connectivity index is 1.33. The van der Waals surface area contributed by atoms with Gasteiger partial charge in [0.05, 0.1) is 12.7 Å². The summed E-state index contributed by atoms with van der Waals surface area (Å²) in [5.74, 6) is 4.40. The lowest BCUT2D eigenvalue weighted by Crippen LogP contribution is -2.49. The summed E-state index contributed by atoms with van der Waals surface area (Å²) in [5.41, 5.74) is 1.75. The van der Waals surface area contributed by atoms with E-state index in [-0.39, 0.29) is 5.41 Å². The summed E-state index contributed by atoms with van der Waals surface area (Å²) in [6.07, 6.45) is 7.99. The highest BCUT2D eigenvalue weighted by atomic mass is 31.2. The van der Waals surface area contributed by atoms with Gasteiger partial charge in [-0.15, -0.1) is 0 Å². The lowest BCUT2D eigenvalue weighted by molar-refractivity contribution is -0.0708. The Morgan fingerprint density at radius 2 is 1.59 bits per heavy atom. The van der Waals surface area contributed by atoms with E-state index in [4.69, 9.17) is 4.74 Å². The van der Waals surface area contributed by atoms with Crippen LogP contribution in [0, 0.1) is 17.3 Å². The molecule has 5 atom stereocenters. The van der Waals surface area contributed by atoms with Crippen molar-refractivity contribution in [2.75, 3.05) is 7.11 Å². The first kappa shape index (κ1) is 24.7. The van der Waals surface area contributed by atoms with Gasteiger partial charge in [0.15, 0.2) is 7.14 Å². The number of ether oxygens (including phenoxy) is 1. The number of methoxy groups -OCH3 is 1. The summed E-state index contributed by atoms with van der Waals surface area (Å²) >= 11 is 0. The summed E-state index contributed by atoms with van der Waals surface area (Å²) in [6, 6.07) is 26.1. The van der Waals surface area contributed by atoms with Crippen LogP contribution in [0.4, 0.5) is 0 Å². The van der Waals surface area contributed by atoms with Gasteiger partial charge in [-0.2, -0.15) is 0 Å². The van der Waals surface area contributed by atoms with E-state index in [2.05, 4.69) is 25.1 Å². The van der Waals surface area contributed by atoms with Crippen LogP contribution in [0.3, 0.4) is 0 Å². The lowest BCUT2D eigenvalue weighted by Gasteiger charge is -2.52. The van der Waals surface area contributed by atoms with Gasteiger partial charge in [-0.1, -0.05) is 73.7 Å². The van der Waals surface area contributed by atoms with Crippen molar-refractivity contribution >= 4 is 17.8 Å². The van der Waals surface area contributed by atoms with Gasteiger partial charge in [0.2, 0.25) is 0 Å². The van der Waals surface area contributed by atoms with Crippen LogP contribution in [0.1, 0.15) is 56.1 Å². The second kappa shape index (κ2) is 9.29. The Kier molecular flexibility index (Phi) is 6.21. The molecule has 4 heteroatoms. The average Bonchev–Trinajstić information content (AvgIpc) is 3.22. The van der Waals surface area contributed by atoms with Crippen LogP contribution in [0.25, 0.3) is 0 Å². The van der Waals surface area contributed by atoms with E-state index in [1.165, 1.54) is 11.1 Å². The molecule has 6 rings (SSSR count). The van der Waals surface area contributed by atoms with E-state index in [1.54, 1.807) is 7.11 Å². The Labute approximate surface area is 221 Å². The molecule has 3 nitrogen and oxygen atoms in total. The molecule has 0 aromatic heterocycles. The van der Waals surface area contributed by atoms with Gasteiger partial charge in [0, 0.05) is 16.0 Å². The van der Waals surface area contributed by atoms with Gasteiger partial charge in [-0.3, -0.25) is 0 Å². The fourth-order valence-electron chi connectivity index (χ4n) is 7.86. The first-order valence-electron chi connectivity index (χ1n) is 13.7. The minimum atomic E-state index is -3.03. The first-order valence-corrected chi connectivity index (χ1v) is 15.5. The summed E-state index contributed by atoms with van der Waals surface area (Å²) in [6.45, 7) is 2.30. The maximum atomic E-state index is 14.6. The summed E-state index contributed by atoms with van der Waals surface area (Å²) in [7, 11) is -1.29. The van der Waals surface area contributed by atoms with Crippen molar-refractivity contribution < 1.29 is 14.4 Å². The Bertz CT molecular complexity index is 1310. The molecule has 0 unspecified atom stereocenters. The zero-order valence-corrected chi connectivity index (χ0v) is 22.7. The third-order valence-corrected chi connectivity index (χ3v) is 12.7. The monoisotopic (exact) mass is 512 g/mol. The van der Waals surface area contributed by atoms with Crippen molar-refractivity contribution in [1.82, 2.24) is 0 Å². The standard InChI is InChI=1S/C33H37O3P/c1-32-19-17-29-28-16-14-25(36-2)23-24(28)13-15-30(29)31(32)18-20-33(32,34)21-22-37(35,26-9-5-3-6-10-26)27-11-7-4-8-12-27/h3-12,14,16,21-23,29-31,34H,13,15,17-20H2,1-2H3/b22-21+/t29-,30-,31+,32+,33-/m1/s1. The number of hydrogen-bond acceptors (Lipinski definition) is 3. The molecule has 0 radical (unpaired) electrons. The quantitative estimate of drug-likeness (QED) is 0.382. The smallest absolute Gasteiger partial charge is 0.163 e. The average molecular weight is 513 g/mol. The van der Waals surface area contributed by atoms with Crippen molar-refractivity contribution in [3.63, 3.8) is 0 Å². The number of hydrogen-bond donors (Lipinski definition) is 1. The van der Waals surface area contributed by atoms with Crippen molar-refractivity contribution in [1.29, 1.82) is 0 Å². The number of aryl methyl sites for hydroxylation is 1. The SMILES string of the molecule is COc1ccc2c(c1)CC[C@@H]1[C@@H]2CC[C@@]2(C)[C@H]1CC[C@@]2(O)/C=C/P(=O)(c1ccccc1)c1ccccc1. The first-order chi connectivity index (χ1) is 17.9. The van der Waals surface area contributed by atoms with Crippen molar-refractivity contribution in [3.8, 4) is 5.75 Å². The number of rotatable bonds is 5. The Morgan fingerprint density at radius 3 is 2.24 bits per heavy atom. The summed E-state index contributed by atoms with van der Waals surface area (Å²) < 4.78 is 20.1. The summed E-state index contributed by atoms with van der Waals surface area (Å²) in [5, 5.41) is 13.9. The molecule has 2 saturated carbocycles. The molecule has 0 bridgehead atoms. The van der Waals surface area contributed by atoms with E-state index >= 15 is 0 Å².